The minimum atomic E-state index is -0.893. The summed E-state index contributed by atoms with van der Waals surface area (Å²) in [4.78, 5) is 66.2. The lowest BCUT2D eigenvalue weighted by Gasteiger charge is -2.25. The number of amides is 3. The molecule has 3 amide bonds. The Labute approximate surface area is 223 Å². The number of benzene rings is 1. The lowest BCUT2D eigenvalue weighted by atomic mass is 10.2. The van der Waals surface area contributed by atoms with Gasteiger partial charge in [0.05, 0.1) is 11.0 Å². The predicted molar refractivity (Wildman–Crippen MR) is 139 cm³/mol. The zero-order valence-corrected chi connectivity index (χ0v) is 21.9. The highest BCUT2D eigenvalue weighted by Gasteiger charge is 2.39. The molecular weight excluding hydrogens is 518 g/mol. The molecule has 0 unspecified atom stereocenters. The van der Waals surface area contributed by atoms with Crippen LogP contribution in [-0.2, 0) is 25.7 Å². The largest absolute Gasteiger partial charge is 0.444 e. The third-order valence-electron chi connectivity index (χ3n) is 6.13. The second-order valence-electron chi connectivity index (χ2n) is 9.09. The van der Waals surface area contributed by atoms with Gasteiger partial charge in [0.1, 0.15) is 13.2 Å². The number of nitrogens with two attached hydrogens (primary N) is 1. The van der Waals surface area contributed by atoms with E-state index in [-0.39, 0.29) is 53.2 Å². The minimum absolute atomic E-state index is 0.00500. The predicted octanol–water partition coefficient (Wildman–Crippen LogP) is 0.205. The number of likely N-dealkylation sites (N-methyl/N-ethyl adjacent to an activating group) is 1. The van der Waals surface area contributed by atoms with Gasteiger partial charge in [0.2, 0.25) is 11.8 Å². The third-order valence-corrected chi connectivity index (χ3v) is 7.14. The van der Waals surface area contributed by atoms with Gasteiger partial charge >= 0.3 is 6.09 Å². The van der Waals surface area contributed by atoms with E-state index in [1.165, 1.54) is 43.0 Å². The molecule has 2 aliphatic rings. The molecule has 0 aliphatic carbocycles. The molecule has 2 saturated heterocycles. The van der Waals surface area contributed by atoms with E-state index in [1.807, 2.05) is 11.9 Å². The molecule has 1 aromatic carbocycles. The summed E-state index contributed by atoms with van der Waals surface area (Å²) in [6.45, 7) is 2.64. The summed E-state index contributed by atoms with van der Waals surface area (Å²) in [6.07, 6.45) is 0.326. The Bertz CT molecular complexity index is 1100. The van der Waals surface area contributed by atoms with E-state index in [0.29, 0.717) is 38.0 Å². The summed E-state index contributed by atoms with van der Waals surface area (Å²) in [5.74, 6) is -0.724. The smallest absolute Gasteiger partial charge is 0.414 e. The zero-order chi connectivity index (χ0) is 27.8. The number of hydrogen-bond acceptors (Lipinski definition) is 10. The molecule has 2 heterocycles. The molecule has 2 aliphatic heterocycles. The number of likely N-dealkylation sites (tertiary alicyclic amines) is 2. The van der Waals surface area contributed by atoms with Gasteiger partial charge in [-0.25, -0.2) is 9.79 Å². The molecule has 4 N–H and O–H groups in total. The van der Waals surface area contributed by atoms with Crippen LogP contribution in [0.4, 0.5) is 10.5 Å². The molecule has 15 heteroatoms. The molecule has 0 saturated carbocycles. The number of hydrogen-bond donors (Lipinski definition) is 3. The van der Waals surface area contributed by atoms with Gasteiger partial charge in [-0.15, -0.1) is 0 Å². The van der Waals surface area contributed by atoms with Crippen LogP contribution >= 0.6 is 11.8 Å². The molecule has 0 spiro atoms. The van der Waals surface area contributed by atoms with Crippen LogP contribution in [0.25, 0.3) is 0 Å². The summed E-state index contributed by atoms with van der Waals surface area (Å²) in [5.41, 5.74) is 6.10. The summed E-state index contributed by atoms with van der Waals surface area (Å²) in [6, 6.07) is 5.00. The van der Waals surface area contributed by atoms with E-state index in [1.54, 1.807) is 4.90 Å². The number of carbonyl (C=O) groups excluding carboxylic acids is 4. The number of carbonyl (C=O) groups is 4. The molecule has 14 nitrogen and oxygen atoms in total. The number of rotatable bonds is 8. The first-order chi connectivity index (χ1) is 18.0. The summed E-state index contributed by atoms with van der Waals surface area (Å²) >= 11 is 1.27. The molecule has 0 radical (unpaired) electrons. The van der Waals surface area contributed by atoms with Crippen LogP contribution in [0.3, 0.4) is 0 Å². The first-order valence-electron chi connectivity index (χ1n) is 11.9. The maximum Gasteiger partial charge on any atom is 0.414 e. The van der Waals surface area contributed by atoms with E-state index >= 15 is 0 Å². The van der Waals surface area contributed by atoms with E-state index < -0.39 is 16.9 Å². The van der Waals surface area contributed by atoms with Crippen molar-refractivity contribution in [3.8, 4) is 0 Å². The van der Waals surface area contributed by atoms with E-state index in [2.05, 4.69) is 15.6 Å². The Morgan fingerprint density at radius 1 is 1.24 bits per heavy atom. The fraction of sp³-hybridized carbons (Fsp3) is 0.522. The number of ether oxygens (including phenoxy) is 1. The second-order valence-corrected chi connectivity index (χ2v) is 10.6. The normalized spacial score (nSPS) is 21.7. The number of nitrogens with one attached hydrogen (secondary N) is 2. The van der Waals surface area contributed by atoms with Crippen LogP contribution in [0.5, 0.6) is 0 Å². The average molecular weight is 550 g/mol. The van der Waals surface area contributed by atoms with Gasteiger partial charge in [-0.2, -0.15) is 0 Å². The van der Waals surface area contributed by atoms with Crippen molar-refractivity contribution >= 4 is 46.4 Å². The summed E-state index contributed by atoms with van der Waals surface area (Å²) in [5, 5.41) is 15.8. The molecule has 0 bridgehead atoms. The molecule has 1 aromatic rings. The molecule has 38 heavy (non-hydrogen) atoms. The summed E-state index contributed by atoms with van der Waals surface area (Å²) < 4.78 is 4.98. The number of guanidine groups is 1. The molecule has 2 fully saturated rings. The van der Waals surface area contributed by atoms with Crippen LogP contribution in [-0.4, -0.2) is 94.3 Å². The van der Waals surface area contributed by atoms with Gasteiger partial charge < -0.3 is 20.7 Å². The Balaban J connectivity index is 1.37. The van der Waals surface area contributed by atoms with Gasteiger partial charge in [0, 0.05) is 50.0 Å². The zero-order valence-electron chi connectivity index (χ0n) is 21.1. The monoisotopic (exact) mass is 549 g/mol. The molecule has 3 atom stereocenters. The quantitative estimate of drug-likeness (QED) is 0.175. The number of nitro groups is 1. The highest BCUT2D eigenvalue weighted by Crippen LogP contribution is 2.28. The summed E-state index contributed by atoms with van der Waals surface area (Å²) in [7, 11) is 1.88. The molecule has 3 rings (SSSR count). The van der Waals surface area contributed by atoms with E-state index in [9.17, 15) is 29.3 Å². The fourth-order valence-corrected chi connectivity index (χ4v) is 5.38. The number of alkyl carbamates (subject to hydrolysis) is 1. The average Bonchev–Trinajstić information content (AvgIpc) is 3.47. The molecule has 0 aromatic heterocycles. The topological polar surface area (TPSA) is 190 Å². The third kappa shape index (κ3) is 8.41. The highest BCUT2D eigenvalue weighted by atomic mass is 32.2. The number of nitrogens with zero attached hydrogens (tertiary/aromatic N) is 4. The van der Waals surface area contributed by atoms with Crippen molar-refractivity contribution in [1.82, 2.24) is 20.4 Å². The van der Waals surface area contributed by atoms with Crippen LogP contribution in [0.1, 0.15) is 25.3 Å². The first kappa shape index (κ1) is 28.8. The number of nitro benzene ring substituents is 1. The molecule has 206 valence electrons. The Morgan fingerprint density at radius 3 is 2.61 bits per heavy atom. The van der Waals surface area contributed by atoms with Crippen molar-refractivity contribution in [1.29, 1.82) is 0 Å². The number of aliphatic imine (C=N–C) groups is 1. The van der Waals surface area contributed by atoms with Crippen molar-refractivity contribution in [2.75, 3.05) is 33.2 Å². The fourth-order valence-electron chi connectivity index (χ4n) is 4.32. The van der Waals surface area contributed by atoms with Gasteiger partial charge in [-0.3, -0.25) is 34.7 Å². The minimum Gasteiger partial charge on any atom is -0.444 e. The highest BCUT2D eigenvalue weighted by molar-refractivity contribution is 8.14. The SMILES string of the molecule is CC(=O)S[C@H]1C[C@@H](C(=O)N2CC[C@@H](NC(=O)CN=C(N)NC(=O)OCc3ccc([N+](=O)[O-])cc3)C2)N(C)C1. The number of non-ortho nitro benzene ring substituents is 1. The van der Waals surface area contributed by atoms with Gasteiger partial charge in [0.15, 0.2) is 11.1 Å². The van der Waals surface area contributed by atoms with Gasteiger partial charge in [-0.05, 0) is 37.6 Å². The standard InChI is InChI=1S/C23H31N7O7S/c1-14(31)38-18-9-19(28(2)12-18)21(33)29-8-7-16(11-29)26-20(32)10-25-22(24)27-23(34)37-13-15-3-5-17(6-4-15)30(35)36/h3-6,16,18-19H,7-13H2,1-2H3,(H,26,32)(H3,24,25,27,34)/t16-,18+,19+/m1/s1. The lowest BCUT2D eigenvalue weighted by Crippen LogP contribution is -2.45. The van der Waals surface area contributed by atoms with E-state index in [0.717, 1.165) is 0 Å². The van der Waals surface area contributed by atoms with Crippen LogP contribution in [0.2, 0.25) is 0 Å². The number of thioether (sulfide) groups is 1. The maximum atomic E-state index is 13.0. The second kappa shape index (κ2) is 13.2. The Hall–Kier alpha value is -3.72. The van der Waals surface area contributed by atoms with Crippen molar-refractivity contribution in [3.05, 3.63) is 39.9 Å². The van der Waals surface area contributed by atoms with Gasteiger partial charge in [0.25, 0.3) is 5.69 Å². The lowest BCUT2D eigenvalue weighted by molar-refractivity contribution is -0.384. The van der Waals surface area contributed by atoms with Crippen molar-refractivity contribution in [2.24, 2.45) is 10.7 Å². The molecular formula is C23H31N7O7S. The van der Waals surface area contributed by atoms with Crippen molar-refractivity contribution in [2.45, 2.75) is 43.7 Å². The van der Waals surface area contributed by atoms with Crippen molar-refractivity contribution in [3.63, 3.8) is 0 Å². The Kier molecular flexibility index (Phi) is 10.0. The van der Waals surface area contributed by atoms with Crippen LogP contribution < -0.4 is 16.4 Å². The van der Waals surface area contributed by atoms with Gasteiger partial charge in [-0.1, -0.05) is 11.8 Å². The van der Waals surface area contributed by atoms with E-state index in [4.69, 9.17) is 10.5 Å². The Morgan fingerprint density at radius 2 is 1.95 bits per heavy atom. The van der Waals surface area contributed by atoms with Crippen LogP contribution in [0, 0.1) is 10.1 Å². The van der Waals surface area contributed by atoms with Crippen LogP contribution in [0.15, 0.2) is 29.3 Å². The maximum absolute atomic E-state index is 13.0. The first-order valence-corrected chi connectivity index (χ1v) is 12.8. The van der Waals surface area contributed by atoms with Crippen molar-refractivity contribution < 1.29 is 28.8 Å².